The second-order valence-electron chi connectivity index (χ2n) is 4.14. The zero-order valence-corrected chi connectivity index (χ0v) is 11.4. The molecule has 0 bridgehead atoms. The molecule has 0 spiro atoms. The molecule has 0 aliphatic rings. The average molecular weight is 263 g/mol. The number of aliphatic hydroxyl groups excluding tert-OH is 1. The van der Waals surface area contributed by atoms with Crippen molar-refractivity contribution in [2.45, 2.75) is 33.0 Å². The van der Waals surface area contributed by atoms with Crippen LogP contribution in [0.4, 0.5) is 0 Å². The second-order valence-corrected chi connectivity index (χ2v) is 5.20. The van der Waals surface area contributed by atoms with Crippen molar-refractivity contribution in [3.05, 3.63) is 45.9 Å². The molecule has 3 nitrogen and oxygen atoms in total. The summed E-state index contributed by atoms with van der Waals surface area (Å²) in [6, 6.07) is 7.56. The lowest BCUT2D eigenvalue weighted by Gasteiger charge is -2.09. The van der Waals surface area contributed by atoms with E-state index in [2.05, 4.69) is 4.98 Å². The van der Waals surface area contributed by atoms with Crippen molar-refractivity contribution in [2.24, 2.45) is 0 Å². The fourth-order valence-corrected chi connectivity index (χ4v) is 2.25. The Kier molecular flexibility index (Phi) is 4.33. The van der Waals surface area contributed by atoms with Gasteiger partial charge in [0, 0.05) is 5.38 Å². The Labute approximate surface area is 111 Å². The van der Waals surface area contributed by atoms with Crippen LogP contribution in [0, 0.1) is 6.92 Å². The Morgan fingerprint density at radius 1 is 1.33 bits per heavy atom. The van der Waals surface area contributed by atoms with Crippen molar-refractivity contribution in [3.63, 3.8) is 0 Å². The van der Waals surface area contributed by atoms with Gasteiger partial charge in [0.15, 0.2) is 0 Å². The highest BCUT2D eigenvalue weighted by atomic mass is 32.1. The molecule has 0 aliphatic heterocycles. The minimum Gasteiger partial charge on any atom is -0.487 e. The van der Waals surface area contributed by atoms with Crippen molar-refractivity contribution in [3.8, 4) is 5.75 Å². The van der Waals surface area contributed by atoms with Crippen LogP contribution in [0.5, 0.6) is 5.75 Å². The van der Waals surface area contributed by atoms with Gasteiger partial charge in [-0.2, -0.15) is 0 Å². The van der Waals surface area contributed by atoms with Gasteiger partial charge in [0.05, 0.1) is 16.8 Å². The lowest BCUT2D eigenvalue weighted by Crippen LogP contribution is -1.97. The fourth-order valence-electron chi connectivity index (χ4n) is 1.65. The molecule has 96 valence electrons. The van der Waals surface area contributed by atoms with E-state index in [1.54, 1.807) is 11.3 Å². The van der Waals surface area contributed by atoms with Crippen LogP contribution in [0.3, 0.4) is 0 Å². The number of aromatic nitrogens is 1. The average Bonchev–Trinajstić information content (AvgIpc) is 2.82. The normalized spacial score (nSPS) is 12.4. The molecule has 1 atom stereocenters. The van der Waals surface area contributed by atoms with E-state index in [0.29, 0.717) is 6.61 Å². The Hall–Kier alpha value is -1.39. The summed E-state index contributed by atoms with van der Waals surface area (Å²) >= 11 is 1.62. The zero-order chi connectivity index (χ0) is 13.0. The number of aliphatic hydroxyl groups is 1. The second kappa shape index (κ2) is 5.98. The Morgan fingerprint density at radius 3 is 2.61 bits per heavy atom. The van der Waals surface area contributed by atoms with E-state index in [1.807, 2.05) is 43.5 Å². The minimum absolute atomic E-state index is 0.389. The summed E-state index contributed by atoms with van der Waals surface area (Å²) in [7, 11) is 0. The maximum Gasteiger partial charge on any atom is 0.131 e. The molecule has 0 unspecified atom stereocenters. The molecular weight excluding hydrogens is 246 g/mol. The monoisotopic (exact) mass is 263 g/mol. The molecule has 0 amide bonds. The van der Waals surface area contributed by atoms with E-state index in [1.165, 1.54) is 0 Å². The summed E-state index contributed by atoms with van der Waals surface area (Å²) in [5.74, 6) is 0.799. The summed E-state index contributed by atoms with van der Waals surface area (Å²) in [6.07, 6.45) is 0.332. The smallest absolute Gasteiger partial charge is 0.131 e. The Morgan fingerprint density at radius 2 is 2.06 bits per heavy atom. The van der Waals surface area contributed by atoms with Gasteiger partial charge in [0.2, 0.25) is 0 Å². The first-order chi connectivity index (χ1) is 8.69. The van der Waals surface area contributed by atoms with Gasteiger partial charge >= 0.3 is 0 Å². The Balaban J connectivity index is 1.94. The number of aryl methyl sites for hydroxylation is 1. The SMILES string of the molecule is CC[C@@H](O)c1ccc(OCc2csc(C)n2)cc1. The number of rotatable bonds is 5. The van der Waals surface area contributed by atoms with Gasteiger partial charge in [-0.1, -0.05) is 19.1 Å². The largest absolute Gasteiger partial charge is 0.487 e. The quantitative estimate of drug-likeness (QED) is 0.898. The number of nitrogens with zero attached hydrogens (tertiary/aromatic N) is 1. The van der Waals surface area contributed by atoms with Crippen LogP contribution in [0.15, 0.2) is 29.6 Å². The first-order valence-corrected chi connectivity index (χ1v) is 6.89. The third-order valence-corrected chi connectivity index (χ3v) is 3.53. The van der Waals surface area contributed by atoms with Gasteiger partial charge in [-0.3, -0.25) is 0 Å². The molecule has 0 radical (unpaired) electrons. The number of ether oxygens (including phenoxy) is 1. The highest BCUT2D eigenvalue weighted by Gasteiger charge is 2.05. The Bertz CT molecular complexity index is 493. The lowest BCUT2D eigenvalue weighted by molar-refractivity contribution is 0.173. The summed E-state index contributed by atoms with van der Waals surface area (Å²) in [4.78, 5) is 4.34. The van der Waals surface area contributed by atoms with E-state index in [-0.39, 0.29) is 6.10 Å². The van der Waals surface area contributed by atoms with E-state index in [4.69, 9.17) is 4.74 Å². The summed E-state index contributed by atoms with van der Waals surface area (Å²) in [6.45, 7) is 4.43. The van der Waals surface area contributed by atoms with Crippen molar-refractivity contribution < 1.29 is 9.84 Å². The number of hydrogen-bond donors (Lipinski definition) is 1. The van der Waals surface area contributed by atoms with Crippen LogP contribution in [0.1, 0.15) is 35.7 Å². The topological polar surface area (TPSA) is 42.4 Å². The summed E-state index contributed by atoms with van der Waals surface area (Å²) in [5, 5.41) is 12.7. The molecule has 1 N–H and O–H groups in total. The molecule has 18 heavy (non-hydrogen) atoms. The third-order valence-electron chi connectivity index (χ3n) is 2.70. The first-order valence-electron chi connectivity index (χ1n) is 6.01. The number of thiazole rings is 1. The van der Waals surface area contributed by atoms with E-state index >= 15 is 0 Å². The predicted octanol–water partition coefficient (Wildman–Crippen LogP) is 3.47. The van der Waals surface area contributed by atoms with Crippen LogP contribution in [-0.2, 0) is 6.61 Å². The van der Waals surface area contributed by atoms with Crippen molar-refractivity contribution in [1.29, 1.82) is 0 Å². The molecule has 0 saturated heterocycles. The molecular formula is C14H17NO2S. The summed E-state index contributed by atoms with van der Waals surface area (Å²) in [5.41, 5.74) is 1.88. The highest BCUT2D eigenvalue weighted by molar-refractivity contribution is 7.09. The van der Waals surface area contributed by atoms with Crippen molar-refractivity contribution in [1.82, 2.24) is 4.98 Å². The maximum absolute atomic E-state index is 9.68. The summed E-state index contributed by atoms with van der Waals surface area (Å²) < 4.78 is 5.64. The molecule has 1 aromatic carbocycles. The van der Waals surface area contributed by atoms with Crippen LogP contribution in [-0.4, -0.2) is 10.1 Å². The standard InChI is InChI=1S/C14H17NO2S/c1-3-14(16)11-4-6-13(7-5-11)17-8-12-9-18-10(2)15-12/h4-7,9,14,16H,3,8H2,1-2H3/t14-/m1/s1. The van der Waals surface area contributed by atoms with Gasteiger partial charge in [-0.15, -0.1) is 11.3 Å². The van der Waals surface area contributed by atoms with Gasteiger partial charge < -0.3 is 9.84 Å². The molecule has 0 fully saturated rings. The van der Waals surface area contributed by atoms with E-state index in [0.717, 1.165) is 28.4 Å². The highest BCUT2D eigenvalue weighted by Crippen LogP contribution is 2.20. The molecule has 2 rings (SSSR count). The number of benzene rings is 1. The van der Waals surface area contributed by atoms with E-state index in [9.17, 15) is 5.11 Å². The molecule has 2 aromatic rings. The first kappa shape index (κ1) is 13.1. The number of hydrogen-bond acceptors (Lipinski definition) is 4. The van der Waals surface area contributed by atoms with Crippen LogP contribution in [0.2, 0.25) is 0 Å². The van der Waals surface area contributed by atoms with Gasteiger partial charge in [0.1, 0.15) is 12.4 Å². The van der Waals surface area contributed by atoms with Crippen LogP contribution in [0.25, 0.3) is 0 Å². The zero-order valence-electron chi connectivity index (χ0n) is 10.6. The van der Waals surface area contributed by atoms with E-state index < -0.39 is 0 Å². The third kappa shape index (κ3) is 3.31. The molecule has 1 heterocycles. The van der Waals surface area contributed by atoms with Crippen molar-refractivity contribution in [2.75, 3.05) is 0 Å². The molecule has 4 heteroatoms. The minimum atomic E-state index is -0.389. The fraction of sp³-hybridized carbons (Fsp3) is 0.357. The predicted molar refractivity (Wildman–Crippen MR) is 72.9 cm³/mol. The molecule has 0 saturated carbocycles. The maximum atomic E-state index is 9.68. The molecule has 0 aliphatic carbocycles. The van der Waals surface area contributed by atoms with Crippen molar-refractivity contribution >= 4 is 11.3 Å². The van der Waals surface area contributed by atoms with Gasteiger partial charge in [0.25, 0.3) is 0 Å². The van der Waals surface area contributed by atoms with Gasteiger partial charge in [-0.25, -0.2) is 4.98 Å². The van der Waals surface area contributed by atoms with Crippen LogP contribution < -0.4 is 4.74 Å². The molecule has 1 aromatic heterocycles. The van der Waals surface area contributed by atoms with Crippen LogP contribution >= 0.6 is 11.3 Å². The lowest BCUT2D eigenvalue weighted by atomic mass is 10.1. The van der Waals surface area contributed by atoms with Gasteiger partial charge in [-0.05, 0) is 31.0 Å².